The average molecular weight is 278 g/mol. The van der Waals surface area contributed by atoms with Crippen molar-refractivity contribution in [1.29, 1.82) is 0 Å². The molecule has 1 saturated heterocycles. The fourth-order valence-corrected chi connectivity index (χ4v) is 3.13. The molecule has 0 spiro atoms. The Balaban J connectivity index is 1.53. The largest absolute Gasteiger partial charge is 0.317 e. The first-order valence-corrected chi connectivity index (χ1v) is 8.10. The molecule has 4 nitrogen and oxygen atoms in total. The minimum Gasteiger partial charge on any atom is -0.317 e. The van der Waals surface area contributed by atoms with Gasteiger partial charge < -0.3 is 10.2 Å². The molecule has 0 aromatic carbocycles. The van der Waals surface area contributed by atoms with Gasteiger partial charge in [0.05, 0.1) is 5.69 Å². The fourth-order valence-electron chi connectivity index (χ4n) is 3.13. The molecular formula is C16H30N4. The standard InChI is InChI=1S/C16H30N4/c1-14-16(15(2)19(3)18-14)8-6-9-17-10-7-13-20-11-4-5-12-20/h17H,4-13H2,1-3H3. The van der Waals surface area contributed by atoms with Crippen LogP contribution in [0.1, 0.15) is 42.6 Å². The quantitative estimate of drug-likeness (QED) is 0.739. The lowest BCUT2D eigenvalue weighted by Crippen LogP contribution is -2.25. The van der Waals surface area contributed by atoms with Crippen molar-refractivity contribution in [2.75, 3.05) is 32.7 Å². The average Bonchev–Trinajstić information content (AvgIpc) is 3.01. The molecule has 2 rings (SSSR count). The molecule has 1 aliphatic heterocycles. The second-order valence-electron chi connectivity index (χ2n) is 6.03. The lowest BCUT2D eigenvalue weighted by Gasteiger charge is -2.14. The van der Waals surface area contributed by atoms with Gasteiger partial charge in [-0.2, -0.15) is 5.10 Å². The summed E-state index contributed by atoms with van der Waals surface area (Å²) in [5.74, 6) is 0. The van der Waals surface area contributed by atoms with Gasteiger partial charge in [-0.05, 0) is 84.2 Å². The van der Waals surface area contributed by atoms with Gasteiger partial charge in [0.15, 0.2) is 0 Å². The van der Waals surface area contributed by atoms with Gasteiger partial charge in [-0.1, -0.05) is 0 Å². The molecule has 0 aliphatic carbocycles. The number of hydrogen-bond donors (Lipinski definition) is 1. The van der Waals surface area contributed by atoms with E-state index < -0.39 is 0 Å². The first kappa shape index (κ1) is 15.5. The predicted molar refractivity (Wildman–Crippen MR) is 84.2 cm³/mol. The summed E-state index contributed by atoms with van der Waals surface area (Å²) in [7, 11) is 2.03. The van der Waals surface area contributed by atoms with E-state index in [-0.39, 0.29) is 0 Å². The maximum atomic E-state index is 4.47. The normalized spacial score (nSPS) is 16.1. The summed E-state index contributed by atoms with van der Waals surface area (Å²) in [6.45, 7) is 10.5. The fraction of sp³-hybridized carbons (Fsp3) is 0.812. The van der Waals surface area contributed by atoms with E-state index in [9.17, 15) is 0 Å². The van der Waals surface area contributed by atoms with E-state index in [0.29, 0.717) is 0 Å². The molecule has 0 radical (unpaired) electrons. The highest BCUT2D eigenvalue weighted by molar-refractivity contribution is 5.24. The molecule has 2 heterocycles. The smallest absolute Gasteiger partial charge is 0.0628 e. The lowest BCUT2D eigenvalue weighted by atomic mass is 10.1. The first-order chi connectivity index (χ1) is 9.68. The Hall–Kier alpha value is -0.870. The van der Waals surface area contributed by atoms with E-state index in [2.05, 4.69) is 29.2 Å². The molecule has 0 amide bonds. The molecule has 114 valence electrons. The summed E-state index contributed by atoms with van der Waals surface area (Å²) in [5.41, 5.74) is 3.95. The van der Waals surface area contributed by atoms with Crippen molar-refractivity contribution in [3.05, 3.63) is 17.0 Å². The number of likely N-dealkylation sites (tertiary alicyclic amines) is 1. The van der Waals surface area contributed by atoms with Crippen molar-refractivity contribution in [1.82, 2.24) is 20.0 Å². The molecule has 0 atom stereocenters. The summed E-state index contributed by atoms with van der Waals surface area (Å²) in [6, 6.07) is 0. The highest BCUT2D eigenvalue weighted by Gasteiger charge is 2.10. The van der Waals surface area contributed by atoms with E-state index >= 15 is 0 Å². The molecule has 1 N–H and O–H groups in total. The van der Waals surface area contributed by atoms with Crippen LogP contribution in [0.5, 0.6) is 0 Å². The van der Waals surface area contributed by atoms with Crippen LogP contribution in [0.3, 0.4) is 0 Å². The molecule has 4 heteroatoms. The Bertz CT molecular complexity index is 405. The summed E-state index contributed by atoms with van der Waals surface area (Å²) < 4.78 is 1.99. The zero-order valence-corrected chi connectivity index (χ0v) is 13.4. The number of nitrogens with one attached hydrogen (secondary N) is 1. The van der Waals surface area contributed by atoms with Crippen molar-refractivity contribution < 1.29 is 0 Å². The van der Waals surface area contributed by atoms with Crippen molar-refractivity contribution in [2.45, 2.75) is 46.0 Å². The van der Waals surface area contributed by atoms with Gasteiger partial charge in [0.25, 0.3) is 0 Å². The molecule has 1 aromatic heterocycles. The van der Waals surface area contributed by atoms with E-state index in [1.165, 1.54) is 62.3 Å². The molecule has 1 aromatic rings. The first-order valence-electron chi connectivity index (χ1n) is 8.10. The number of nitrogens with zero attached hydrogens (tertiary/aromatic N) is 3. The molecule has 20 heavy (non-hydrogen) atoms. The molecule has 1 aliphatic rings. The SMILES string of the molecule is Cc1nn(C)c(C)c1CCCNCCCN1CCCC1. The van der Waals surface area contributed by atoms with Crippen molar-refractivity contribution in [3.63, 3.8) is 0 Å². The Kier molecular flexibility index (Phi) is 6.05. The third-order valence-electron chi connectivity index (χ3n) is 4.47. The van der Waals surface area contributed by atoms with E-state index in [1.807, 2.05) is 11.7 Å². The highest BCUT2D eigenvalue weighted by atomic mass is 15.3. The van der Waals surface area contributed by atoms with Gasteiger partial charge in [-0.15, -0.1) is 0 Å². The third-order valence-corrected chi connectivity index (χ3v) is 4.47. The number of aryl methyl sites for hydroxylation is 2. The summed E-state index contributed by atoms with van der Waals surface area (Å²) >= 11 is 0. The molecule has 0 saturated carbocycles. The van der Waals surface area contributed by atoms with E-state index in [4.69, 9.17) is 0 Å². The summed E-state index contributed by atoms with van der Waals surface area (Å²) in [6.07, 6.45) is 6.43. The summed E-state index contributed by atoms with van der Waals surface area (Å²) in [5, 5.41) is 8.05. The van der Waals surface area contributed by atoms with Gasteiger partial charge in [0, 0.05) is 12.7 Å². The maximum absolute atomic E-state index is 4.47. The van der Waals surface area contributed by atoms with E-state index in [0.717, 1.165) is 19.5 Å². The van der Waals surface area contributed by atoms with Gasteiger partial charge in [-0.3, -0.25) is 4.68 Å². The van der Waals surface area contributed by atoms with Crippen LogP contribution in [0.15, 0.2) is 0 Å². The van der Waals surface area contributed by atoms with Crippen LogP contribution < -0.4 is 5.32 Å². The summed E-state index contributed by atoms with van der Waals surface area (Å²) in [4.78, 5) is 2.59. The molecular weight excluding hydrogens is 248 g/mol. The van der Waals surface area contributed by atoms with E-state index in [1.54, 1.807) is 0 Å². The van der Waals surface area contributed by atoms with Crippen LogP contribution in [-0.2, 0) is 13.5 Å². The molecule has 0 unspecified atom stereocenters. The predicted octanol–water partition coefficient (Wildman–Crippen LogP) is 2.05. The van der Waals surface area contributed by atoms with Crippen LogP contribution >= 0.6 is 0 Å². The lowest BCUT2D eigenvalue weighted by molar-refractivity contribution is 0.331. The second-order valence-corrected chi connectivity index (χ2v) is 6.03. The van der Waals surface area contributed by atoms with Crippen LogP contribution in [0.4, 0.5) is 0 Å². The molecule has 1 fully saturated rings. The minimum absolute atomic E-state index is 1.12. The Morgan fingerprint density at radius 3 is 2.45 bits per heavy atom. The Morgan fingerprint density at radius 1 is 1.10 bits per heavy atom. The number of hydrogen-bond acceptors (Lipinski definition) is 3. The second kappa shape index (κ2) is 7.79. The van der Waals surface area contributed by atoms with Gasteiger partial charge in [-0.25, -0.2) is 0 Å². The number of rotatable bonds is 8. The Morgan fingerprint density at radius 2 is 1.80 bits per heavy atom. The van der Waals surface area contributed by atoms with Gasteiger partial charge in [0.1, 0.15) is 0 Å². The highest BCUT2D eigenvalue weighted by Crippen LogP contribution is 2.13. The third kappa shape index (κ3) is 4.32. The van der Waals surface area contributed by atoms with Crippen molar-refractivity contribution in [3.8, 4) is 0 Å². The Labute approximate surface area is 123 Å². The number of aromatic nitrogens is 2. The van der Waals surface area contributed by atoms with Gasteiger partial charge in [0.2, 0.25) is 0 Å². The zero-order valence-electron chi connectivity index (χ0n) is 13.4. The zero-order chi connectivity index (χ0) is 14.4. The van der Waals surface area contributed by atoms with Crippen LogP contribution in [-0.4, -0.2) is 47.4 Å². The van der Waals surface area contributed by atoms with Crippen molar-refractivity contribution in [2.24, 2.45) is 7.05 Å². The van der Waals surface area contributed by atoms with Crippen LogP contribution in [0.2, 0.25) is 0 Å². The molecule has 0 bridgehead atoms. The maximum Gasteiger partial charge on any atom is 0.0628 e. The van der Waals surface area contributed by atoms with Gasteiger partial charge >= 0.3 is 0 Å². The van der Waals surface area contributed by atoms with Crippen molar-refractivity contribution >= 4 is 0 Å². The minimum atomic E-state index is 1.12. The topological polar surface area (TPSA) is 33.1 Å². The van der Waals surface area contributed by atoms with Crippen LogP contribution in [0.25, 0.3) is 0 Å². The van der Waals surface area contributed by atoms with Crippen LogP contribution in [0, 0.1) is 13.8 Å². The monoisotopic (exact) mass is 278 g/mol.